The van der Waals surface area contributed by atoms with E-state index in [1.54, 1.807) is 6.20 Å². The van der Waals surface area contributed by atoms with Crippen LogP contribution in [0.3, 0.4) is 0 Å². The van der Waals surface area contributed by atoms with Crippen molar-refractivity contribution in [1.82, 2.24) is 15.0 Å². The van der Waals surface area contributed by atoms with Crippen molar-refractivity contribution in [2.45, 2.75) is 43.9 Å². The molecule has 3 aromatic rings. The Labute approximate surface area is 203 Å². The van der Waals surface area contributed by atoms with E-state index >= 15 is 0 Å². The number of aromatic nitrogens is 1. The molecule has 3 atom stereocenters. The number of carbonyl (C=O) groups is 1. The molecule has 1 aromatic heterocycles. The van der Waals surface area contributed by atoms with E-state index in [0.29, 0.717) is 6.54 Å². The Morgan fingerprint density at radius 3 is 2.71 bits per heavy atom. The number of carbonyl (C=O) groups excluding carboxylic acids is 1. The molecule has 1 amide bonds. The zero-order chi connectivity index (χ0) is 23.9. The number of pyridine rings is 1. The van der Waals surface area contributed by atoms with Crippen LogP contribution in [0.2, 0.25) is 0 Å². The fourth-order valence-corrected chi connectivity index (χ4v) is 5.04. The highest BCUT2D eigenvalue weighted by Crippen LogP contribution is 2.48. The molecule has 3 N–H and O–H groups in total. The van der Waals surface area contributed by atoms with Gasteiger partial charge in [-0.25, -0.2) is 8.93 Å². The first-order valence-corrected chi connectivity index (χ1v) is 13.1. The average molecular weight is 477 g/mol. The van der Waals surface area contributed by atoms with Crippen LogP contribution in [0.4, 0.5) is 5.69 Å². The molecule has 2 aliphatic rings. The van der Waals surface area contributed by atoms with Gasteiger partial charge in [0.25, 0.3) is 0 Å². The molecule has 0 bridgehead atoms. The number of fused-ring (bicyclic) bond motifs is 1. The molecule has 6 nitrogen and oxygen atoms in total. The molecule has 0 spiro atoms. The molecular weight excluding hydrogens is 444 g/mol. The molecule has 1 aliphatic heterocycles. The van der Waals surface area contributed by atoms with Gasteiger partial charge in [-0.3, -0.25) is 9.78 Å². The zero-order valence-corrected chi connectivity index (χ0v) is 20.5. The van der Waals surface area contributed by atoms with E-state index in [4.69, 9.17) is 0 Å². The Morgan fingerprint density at radius 2 is 1.94 bits per heavy atom. The first-order valence-electron chi connectivity index (χ1n) is 12.0. The maximum absolute atomic E-state index is 12.7. The normalized spacial score (nSPS) is 19.8. The summed E-state index contributed by atoms with van der Waals surface area (Å²) >= 11 is 0. The number of benzene rings is 2. The van der Waals surface area contributed by atoms with Gasteiger partial charge in [-0.1, -0.05) is 32.0 Å². The molecule has 1 saturated carbocycles. The minimum atomic E-state index is -1.24. The van der Waals surface area contributed by atoms with Gasteiger partial charge in [0.1, 0.15) is 11.0 Å². The number of rotatable bonds is 7. The largest absolute Gasteiger partial charge is 0.391 e. The predicted molar refractivity (Wildman–Crippen MR) is 139 cm³/mol. The van der Waals surface area contributed by atoms with Crippen LogP contribution in [-0.2, 0) is 15.8 Å². The molecular formula is C27H32N4O2S. The summed E-state index contributed by atoms with van der Waals surface area (Å²) in [5, 5.41) is 8.37. The molecule has 5 rings (SSSR count). The second-order valence-corrected chi connectivity index (χ2v) is 9.69. The molecule has 34 heavy (non-hydrogen) atoms. The van der Waals surface area contributed by atoms with E-state index in [9.17, 15) is 9.00 Å². The SMILES string of the molecule is CC.O=C(Nc1ccc2cnccc2c1)C1C[C@H]1c1ccc(S(=O)NCC2=CNCCC2)cc1. The van der Waals surface area contributed by atoms with Crippen molar-refractivity contribution >= 4 is 33.4 Å². The first kappa shape index (κ1) is 24.1. The Balaban J connectivity index is 0.00000133. The quantitative estimate of drug-likeness (QED) is 0.454. The van der Waals surface area contributed by atoms with Gasteiger partial charge in [0.2, 0.25) is 5.91 Å². The number of amides is 1. The zero-order valence-electron chi connectivity index (χ0n) is 19.7. The topological polar surface area (TPSA) is 83.1 Å². The number of hydrogen-bond donors (Lipinski definition) is 3. The summed E-state index contributed by atoms with van der Waals surface area (Å²) in [6.07, 6.45) is 8.58. The smallest absolute Gasteiger partial charge is 0.228 e. The monoisotopic (exact) mass is 476 g/mol. The van der Waals surface area contributed by atoms with Crippen LogP contribution in [0.15, 0.2) is 77.6 Å². The molecule has 2 heterocycles. The van der Waals surface area contributed by atoms with Crippen molar-refractivity contribution in [3.63, 3.8) is 0 Å². The van der Waals surface area contributed by atoms with E-state index in [-0.39, 0.29) is 17.7 Å². The Kier molecular flexibility index (Phi) is 8.08. The third kappa shape index (κ3) is 5.90. The maximum atomic E-state index is 12.7. The van der Waals surface area contributed by atoms with Gasteiger partial charge in [0, 0.05) is 42.5 Å². The van der Waals surface area contributed by atoms with Crippen LogP contribution in [0, 0.1) is 5.92 Å². The van der Waals surface area contributed by atoms with Crippen LogP contribution in [0.5, 0.6) is 0 Å². The summed E-state index contributed by atoms with van der Waals surface area (Å²) in [6, 6.07) is 15.6. The van der Waals surface area contributed by atoms with Crippen molar-refractivity contribution in [1.29, 1.82) is 0 Å². The van der Waals surface area contributed by atoms with Gasteiger partial charge in [-0.2, -0.15) is 0 Å². The molecule has 2 aromatic carbocycles. The van der Waals surface area contributed by atoms with Gasteiger partial charge in [0.15, 0.2) is 0 Å². The van der Waals surface area contributed by atoms with Gasteiger partial charge in [0.05, 0.1) is 4.90 Å². The number of nitrogens with one attached hydrogen (secondary N) is 3. The van der Waals surface area contributed by atoms with E-state index in [1.807, 2.05) is 74.8 Å². The second-order valence-electron chi connectivity index (χ2n) is 8.39. The van der Waals surface area contributed by atoms with E-state index < -0.39 is 11.0 Å². The summed E-state index contributed by atoms with van der Waals surface area (Å²) in [5.41, 5.74) is 3.17. The lowest BCUT2D eigenvalue weighted by molar-refractivity contribution is -0.117. The predicted octanol–water partition coefficient (Wildman–Crippen LogP) is 4.88. The molecule has 178 valence electrons. The third-order valence-corrected chi connectivity index (χ3v) is 7.22. The molecule has 0 saturated heterocycles. The summed E-state index contributed by atoms with van der Waals surface area (Å²) in [5.74, 6) is 0.240. The maximum Gasteiger partial charge on any atom is 0.228 e. The van der Waals surface area contributed by atoms with Gasteiger partial charge >= 0.3 is 0 Å². The lowest BCUT2D eigenvalue weighted by Crippen LogP contribution is -2.24. The van der Waals surface area contributed by atoms with Crippen LogP contribution in [0.25, 0.3) is 10.8 Å². The van der Waals surface area contributed by atoms with Crippen LogP contribution in [-0.4, -0.2) is 28.2 Å². The highest BCUT2D eigenvalue weighted by atomic mass is 32.2. The van der Waals surface area contributed by atoms with Crippen molar-refractivity contribution in [3.8, 4) is 0 Å². The average Bonchev–Trinajstić information content (AvgIpc) is 3.70. The molecule has 2 unspecified atom stereocenters. The molecule has 1 fully saturated rings. The number of hydrogen-bond acceptors (Lipinski definition) is 4. The van der Waals surface area contributed by atoms with Crippen molar-refractivity contribution < 1.29 is 9.00 Å². The van der Waals surface area contributed by atoms with E-state index in [1.165, 1.54) is 5.57 Å². The highest BCUT2D eigenvalue weighted by molar-refractivity contribution is 7.83. The van der Waals surface area contributed by atoms with Gasteiger partial charge in [-0.15, -0.1) is 0 Å². The van der Waals surface area contributed by atoms with E-state index in [0.717, 1.165) is 52.7 Å². The summed E-state index contributed by atoms with van der Waals surface area (Å²) in [4.78, 5) is 17.6. The summed E-state index contributed by atoms with van der Waals surface area (Å²) in [7, 11) is -1.24. The summed E-state index contributed by atoms with van der Waals surface area (Å²) in [6.45, 7) is 5.63. The fraction of sp³-hybridized carbons (Fsp3) is 0.333. The van der Waals surface area contributed by atoms with Gasteiger partial charge < -0.3 is 10.6 Å². The van der Waals surface area contributed by atoms with Gasteiger partial charge in [-0.05, 0) is 78.2 Å². The highest BCUT2D eigenvalue weighted by Gasteiger charge is 2.43. The molecule has 1 aliphatic carbocycles. The minimum absolute atomic E-state index is 0.0247. The van der Waals surface area contributed by atoms with Crippen molar-refractivity contribution in [2.75, 3.05) is 18.4 Å². The molecule has 7 heteroatoms. The van der Waals surface area contributed by atoms with Crippen molar-refractivity contribution in [2.24, 2.45) is 5.92 Å². The van der Waals surface area contributed by atoms with Crippen molar-refractivity contribution in [3.05, 3.63) is 78.3 Å². The number of nitrogens with zero attached hydrogens (tertiary/aromatic N) is 1. The van der Waals surface area contributed by atoms with E-state index in [2.05, 4.69) is 20.3 Å². The Morgan fingerprint density at radius 1 is 1.12 bits per heavy atom. The number of anilines is 1. The molecule has 0 radical (unpaired) electrons. The first-order chi connectivity index (χ1) is 16.7. The summed E-state index contributed by atoms with van der Waals surface area (Å²) < 4.78 is 15.6. The fourth-order valence-electron chi connectivity index (χ4n) is 4.18. The Hall–Kier alpha value is -3.03. The lowest BCUT2D eigenvalue weighted by atomic mass is 10.1. The van der Waals surface area contributed by atoms with Crippen LogP contribution >= 0.6 is 0 Å². The Bertz CT molecular complexity index is 1190. The standard InChI is InChI=1S/C25H26N4O2S.C2H6/c30-25(29-21-6-3-20-16-27-11-9-19(20)12-21)24-13-23(24)18-4-7-22(8-5-18)32(31)28-15-17-2-1-10-26-14-17;1-2/h3-9,11-12,14,16,23-24,26,28H,1-2,10,13,15H2,(H,29,30);1-2H3/t23-,24?,32?;/m0./s1. The van der Waals surface area contributed by atoms with Crippen LogP contribution in [0.1, 0.15) is 44.6 Å². The minimum Gasteiger partial charge on any atom is -0.391 e. The second kappa shape index (κ2) is 11.4. The third-order valence-electron chi connectivity index (χ3n) is 6.11. The lowest BCUT2D eigenvalue weighted by Gasteiger charge is -2.14. The van der Waals surface area contributed by atoms with Crippen LogP contribution < -0.4 is 15.4 Å².